The van der Waals surface area contributed by atoms with Crippen LogP contribution in [0, 0.1) is 0 Å². The number of rotatable bonds is 6. The molecule has 0 atom stereocenters. The van der Waals surface area contributed by atoms with E-state index in [1.165, 1.54) is 12.0 Å². The summed E-state index contributed by atoms with van der Waals surface area (Å²) < 4.78 is 15.6. The molecule has 0 radical (unpaired) electrons. The highest BCUT2D eigenvalue weighted by atomic mass is 16.6. The molecule has 3 aromatic rings. The Bertz CT molecular complexity index is 1020. The molecule has 1 aromatic heterocycles. The van der Waals surface area contributed by atoms with Crippen LogP contribution < -0.4 is 0 Å². The maximum Gasteiger partial charge on any atom is 0.411 e. The number of carbonyl (C=O) groups is 2. The van der Waals surface area contributed by atoms with Crippen LogP contribution in [0.25, 0.3) is 11.4 Å². The van der Waals surface area contributed by atoms with Gasteiger partial charge in [-0.1, -0.05) is 47.6 Å². The van der Waals surface area contributed by atoms with Gasteiger partial charge in [0, 0.05) is 12.1 Å². The average Bonchev–Trinajstić information content (AvgIpc) is 3.21. The van der Waals surface area contributed by atoms with Gasteiger partial charge in [0.2, 0.25) is 11.7 Å². The fourth-order valence-corrected chi connectivity index (χ4v) is 2.78. The van der Waals surface area contributed by atoms with Crippen molar-refractivity contribution in [3.8, 4) is 11.4 Å². The summed E-state index contributed by atoms with van der Waals surface area (Å²) in [7, 11) is 1.33. The maximum atomic E-state index is 12.8. The zero-order valence-electron chi connectivity index (χ0n) is 18.0. The van der Waals surface area contributed by atoms with Gasteiger partial charge >= 0.3 is 12.1 Å². The quantitative estimate of drug-likeness (QED) is 0.540. The topological polar surface area (TPSA) is 94.8 Å². The summed E-state index contributed by atoms with van der Waals surface area (Å²) in [4.78, 5) is 30.3. The van der Waals surface area contributed by atoms with Gasteiger partial charge in [0.05, 0.1) is 12.7 Å². The summed E-state index contributed by atoms with van der Waals surface area (Å²) in [5, 5.41) is 4.00. The first-order valence-corrected chi connectivity index (χ1v) is 9.78. The number of methoxy groups -OCH3 is 1. The van der Waals surface area contributed by atoms with Crippen LogP contribution in [-0.2, 0) is 22.6 Å². The van der Waals surface area contributed by atoms with E-state index in [1.807, 2.05) is 30.3 Å². The van der Waals surface area contributed by atoms with Crippen molar-refractivity contribution < 1.29 is 23.6 Å². The Labute approximate surface area is 180 Å². The predicted octanol–water partition coefficient (Wildman–Crippen LogP) is 4.46. The molecule has 0 spiro atoms. The molecule has 0 saturated heterocycles. The van der Waals surface area contributed by atoms with Gasteiger partial charge in [-0.25, -0.2) is 9.59 Å². The molecule has 3 rings (SSSR count). The van der Waals surface area contributed by atoms with Crippen molar-refractivity contribution in [1.29, 1.82) is 0 Å². The fraction of sp³-hybridized carbons (Fsp3) is 0.304. The highest BCUT2D eigenvalue weighted by Crippen LogP contribution is 2.19. The minimum Gasteiger partial charge on any atom is -0.465 e. The zero-order chi connectivity index (χ0) is 22.4. The van der Waals surface area contributed by atoms with Gasteiger partial charge in [0.15, 0.2) is 0 Å². The molecule has 0 aliphatic carbocycles. The summed E-state index contributed by atoms with van der Waals surface area (Å²) in [6.45, 7) is 5.71. The number of benzene rings is 2. The Morgan fingerprint density at radius 2 is 1.68 bits per heavy atom. The molecule has 162 valence electrons. The van der Waals surface area contributed by atoms with Crippen LogP contribution in [-0.4, -0.2) is 39.8 Å². The molecule has 8 heteroatoms. The molecular formula is C23H25N3O5. The second-order valence-corrected chi connectivity index (χ2v) is 7.90. The molecule has 0 N–H and O–H groups in total. The summed E-state index contributed by atoms with van der Waals surface area (Å²) in [6, 6.07) is 16.2. The van der Waals surface area contributed by atoms with E-state index in [1.54, 1.807) is 45.0 Å². The normalized spacial score (nSPS) is 11.1. The van der Waals surface area contributed by atoms with Gasteiger partial charge in [-0.15, -0.1) is 0 Å². The van der Waals surface area contributed by atoms with Crippen molar-refractivity contribution in [2.24, 2.45) is 0 Å². The lowest BCUT2D eigenvalue weighted by molar-refractivity contribution is 0.0196. The Hall–Kier alpha value is -3.68. The van der Waals surface area contributed by atoms with Crippen molar-refractivity contribution in [2.45, 2.75) is 39.5 Å². The molecule has 1 amide bonds. The van der Waals surface area contributed by atoms with E-state index in [0.29, 0.717) is 11.4 Å². The number of amides is 1. The molecular weight excluding hydrogens is 398 g/mol. The Balaban J connectivity index is 1.79. The van der Waals surface area contributed by atoms with Crippen molar-refractivity contribution in [3.05, 3.63) is 71.6 Å². The first-order chi connectivity index (χ1) is 14.7. The van der Waals surface area contributed by atoms with E-state index in [-0.39, 0.29) is 19.0 Å². The van der Waals surface area contributed by atoms with Crippen LogP contribution in [0.2, 0.25) is 0 Å². The Morgan fingerprint density at radius 3 is 2.29 bits per heavy atom. The van der Waals surface area contributed by atoms with Crippen LogP contribution in [0.4, 0.5) is 4.79 Å². The molecule has 0 bridgehead atoms. The molecule has 31 heavy (non-hydrogen) atoms. The van der Waals surface area contributed by atoms with Crippen LogP contribution in [0.5, 0.6) is 0 Å². The largest absolute Gasteiger partial charge is 0.465 e. The number of ether oxygens (including phenoxy) is 2. The number of hydrogen-bond acceptors (Lipinski definition) is 7. The average molecular weight is 423 g/mol. The number of nitrogens with zero attached hydrogens (tertiary/aromatic N) is 3. The third-order valence-corrected chi connectivity index (χ3v) is 4.23. The van der Waals surface area contributed by atoms with Gasteiger partial charge < -0.3 is 14.0 Å². The highest BCUT2D eigenvalue weighted by molar-refractivity contribution is 5.89. The fourth-order valence-electron chi connectivity index (χ4n) is 2.78. The van der Waals surface area contributed by atoms with Crippen molar-refractivity contribution >= 4 is 12.1 Å². The molecule has 8 nitrogen and oxygen atoms in total. The standard InChI is InChI=1S/C23H25N3O5/c1-23(2,3)30-22(28)26(14-16-10-12-18(13-11-16)21(27)29-4)15-19-24-20(25-31-19)17-8-6-5-7-9-17/h5-13H,14-15H2,1-4H3. The smallest absolute Gasteiger partial charge is 0.411 e. The van der Waals surface area contributed by atoms with Crippen LogP contribution >= 0.6 is 0 Å². The Morgan fingerprint density at radius 1 is 1.00 bits per heavy atom. The second-order valence-electron chi connectivity index (χ2n) is 7.90. The van der Waals surface area contributed by atoms with Crippen LogP contribution in [0.1, 0.15) is 42.6 Å². The number of carbonyl (C=O) groups excluding carboxylic acids is 2. The molecule has 1 heterocycles. The summed E-state index contributed by atoms with van der Waals surface area (Å²) in [5.74, 6) is 0.313. The summed E-state index contributed by atoms with van der Waals surface area (Å²) in [5.41, 5.74) is 1.40. The third-order valence-electron chi connectivity index (χ3n) is 4.23. The summed E-state index contributed by atoms with van der Waals surface area (Å²) >= 11 is 0. The minimum atomic E-state index is -0.659. The third kappa shape index (κ3) is 6.15. The van der Waals surface area contributed by atoms with E-state index in [9.17, 15) is 9.59 Å². The highest BCUT2D eigenvalue weighted by Gasteiger charge is 2.24. The van der Waals surface area contributed by atoms with Gasteiger partial charge in [-0.05, 0) is 38.5 Å². The summed E-state index contributed by atoms with van der Waals surface area (Å²) in [6.07, 6.45) is -0.510. The van der Waals surface area contributed by atoms with Gasteiger partial charge in [-0.2, -0.15) is 4.98 Å². The van der Waals surface area contributed by atoms with E-state index < -0.39 is 17.7 Å². The molecule has 0 saturated carbocycles. The first-order valence-electron chi connectivity index (χ1n) is 9.78. The maximum absolute atomic E-state index is 12.8. The first kappa shape index (κ1) is 22.0. The monoisotopic (exact) mass is 423 g/mol. The van der Waals surface area contributed by atoms with Crippen LogP contribution in [0.15, 0.2) is 59.1 Å². The van der Waals surface area contributed by atoms with Gasteiger partial charge in [-0.3, -0.25) is 4.90 Å². The number of esters is 1. The lowest BCUT2D eigenvalue weighted by Gasteiger charge is -2.26. The van der Waals surface area contributed by atoms with Crippen molar-refractivity contribution in [2.75, 3.05) is 7.11 Å². The zero-order valence-corrected chi connectivity index (χ0v) is 18.0. The lowest BCUT2D eigenvalue weighted by atomic mass is 10.1. The molecule has 2 aromatic carbocycles. The minimum absolute atomic E-state index is 0.0769. The van der Waals surface area contributed by atoms with E-state index in [4.69, 9.17) is 14.0 Å². The lowest BCUT2D eigenvalue weighted by Crippen LogP contribution is -2.36. The van der Waals surface area contributed by atoms with Gasteiger partial charge in [0.1, 0.15) is 12.1 Å². The van der Waals surface area contributed by atoms with E-state index in [2.05, 4.69) is 10.1 Å². The van der Waals surface area contributed by atoms with E-state index in [0.717, 1.165) is 11.1 Å². The number of hydrogen-bond donors (Lipinski definition) is 0. The van der Waals surface area contributed by atoms with Crippen molar-refractivity contribution in [1.82, 2.24) is 15.0 Å². The number of aromatic nitrogens is 2. The predicted molar refractivity (Wildman–Crippen MR) is 113 cm³/mol. The second kappa shape index (κ2) is 9.42. The Kier molecular flexibility index (Phi) is 6.69. The molecule has 0 unspecified atom stereocenters. The molecule has 0 aliphatic heterocycles. The van der Waals surface area contributed by atoms with Crippen LogP contribution in [0.3, 0.4) is 0 Å². The SMILES string of the molecule is COC(=O)c1ccc(CN(Cc2nc(-c3ccccc3)no2)C(=O)OC(C)(C)C)cc1. The molecule has 0 aliphatic rings. The van der Waals surface area contributed by atoms with Crippen molar-refractivity contribution in [3.63, 3.8) is 0 Å². The van der Waals surface area contributed by atoms with E-state index >= 15 is 0 Å². The van der Waals surface area contributed by atoms with Gasteiger partial charge in [0.25, 0.3) is 0 Å². The molecule has 0 fully saturated rings.